The Morgan fingerprint density at radius 2 is 2.04 bits per heavy atom. The van der Waals surface area contributed by atoms with Crippen LogP contribution in [0.3, 0.4) is 0 Å². The molecule has 3 rings (SSSR count). The summed E-state index contributed by atoms with van der Waals surface area (Å²) >= 11 is 0. The van der Waals surface area contributed by atoms with E-state index in [4.69, 9.17) is 4.74 Å². The summed E-state index contributed by atoms with van der Waals surface area (Å²) in [4.78, 5) is 26.1. The second-order valence-corrected chi connectivity index (χ2v) is 7.54. The van der Waals surface area contributed by atoms with E-state index in [2.05, 4.69) is 0 Å². The Balaban J connectivity index is 2.04. The van der Waals surface area contributed by atoms with Crippen LogP contribution in [0, 0.1) is 23.2 Å². The van der Waals surface area contributed by atoms with Gasteiger partial charge in [-0.25, -0.2) is 0 Å². The van der Waals surface area contributed by atoms with Gasteiger partial charge in [0.1, 0.15) is 0 Å². The third kappa shape index (κ3) is 2.85. The largest absolute Gasteiger partial charge is 0.466 e. The molecule has 144 valence electrons. The summed E-state index contributed by atoms with van der Waals surface area (Å²) < 4.78 is 45.8. The minimum atomic E-state index is -4.45. The van der Waals surface area contributed by atoms with Crippen LogP contribution < -0.4 is 0 Å². The summed E-state index contributed by atoms with van der Waals surface area (Å²) in [6.45, 7) is 3.62. The van der Waals surface area contributed by atoms with Gasteiger partial charge < -0.3 is 9.64 Å². The first-order chi connectivity index (χ1) is 12.1. The number of allylic oxidation sites excluding steroid dienone is 3. The molecule has 0 aromatic rings. The number of fused-ring (bicyclic) bond motifs is 3. The number of carbonyl (C=O) groups excluding carboxylic acids is 2. The van der Waals surface area contributed by atoms with Gasteiger partial charge in [0, 0.05) is 24.6 Å². The highest BCUT2D eigenvalue weighted by Crippen LogP contribution is 2.57. The first kappa shape index (κ1) is 19.0. The van der Waals surface area contributed by atoms with E-state index in [1.54, 1.807) is 24.9 Å². The fourth-order valence-electron chi connectivity index (χ4n) is 4.89. The Hall–Kier alpha value is -1.79. The van der Waals surface area contributed by atoms with Gasteiger partial charge in [0.25, 0.3) is 0 Å². The quantitative estimate of drug-likeness (QED) is 0.547. The maximum atomic E-state index is 13.6. The Labute approximate surface area is 151 Å². The van der Waals surface area contributed by atoms with E-state index in [1.807, 2.05) is 13.0 Å². The number of esters is 1. The second kappa shape index (κ2) is 6.43. The topological polar surface area (TPSA) is 46.6 Å². The van der Waals surface area contributed by atoms with Gasteiger partial charge in [-0.1, -0.05) is 24.6 Å². The fourth-order valence-corrected chi connectivity index (χ4v) is 4.89. The second-order valence-electron chi connectivity index (χ2n) is 7.54. The Kier molecular flexibility index (Phi) is 4.69. The molecule has 0 saturated carbocycles. The predicted octanol–water partition coefficient (Wildman–Crippen LogP) is 3.84. The average molecular weight is 371 g/mol. The van der Waals surface area contributed by atoms with Crippen LogP contribution >= 0.6 is 0 Å². The normalized spacial score (nSPS) is 34.5. The number of alkyl halides is 3. The van der Waals surface area contributed by atoms with Crippen molar-refractivity contribution in [1.82, 2.24) is 4.90 Å². The Bertz CT molecular complexity index is 682. The fraction of sp³-hybridized carbons (Fsp3) is 0.684. The van der Waals surface area contributed by atoms with Crippen molar-refractivity contribution in [3.63, 3.8) is 0 Å². The molecular weight excluding hydrogens is 347 g/mol. The van der Waals surface area contributed by atoms with Gasteiger partial charge in [-0.2, -0.15) is 13.2 Å². The summed E-state index contributed by atoms with van der Waals surface area (Å²) in [5.74, 6) is -4.25. The van der Waals surface area contributed by atoms with Crippen molar-refractivity contribution < 1.29 is 27.5 Å². The maximum Gasteiger partial charge on any atom is 0.392 e. The molecule has 0 bridgehead atoms. The number of nitrogens with zero attached hydrogens (tertiary/aromatic N) is 1. The van der Waals surface area contributed by atoms with Crippen LogP contribution in [0.2, 0.25) is 0 Å². The molecule has 3 aliphatic rings. The lowest BCUT2D eigenvalue weighted by molar-refractivity contribution is -0.204. The molecule has 1 fully saturated rings. The molecule has 26 heavy (non-hydrogen) atoms. The summed E-state index contributed by atoms with van der Waals surface area (Å²) in [5, 5.41) is 0. The third-order valence-corrected chi connectivity index (χ3v) is 6.18. The maximum absolute atomic E-state index is 13.6. The highest BCUT2D eigenvalue weighted by atomic mass is 19.4. The molecule has 4 nitrogen and oxygen atoms in total. The SMILES string of the molecule is CCOC(=O)C1C2CC=C3N(C)C(=O)CC[C@]3(C)C2=CCC1C(F)(F)F. The van der Waals surface area contributed by atoms with Gasteiger partial charge >= 0.3 is 12.1 Å². The van der Waals surface area contributed by atoms with Gasteiger partial charge in [0.2, 0.25) is 5.91 Å². The summed E-state index contributed by atoms with van der Waals surface area (Å²) in [5.41, 5.74) is 1.18. The number of hydrogen-bond acceptors (Lipinski definition) is 3. The number of halogens is 3. The molecule has 2 aliphatic carbocycles. The number of ether oxygens (including phenoxy) is 1. The Morgan fingerprint density at radius 3 is 2.65 bits per heavy atom. The van der Waals surface area contributed by atoms with E-state index in [0.29, 0.717) is 19.3 Å². The molecule has 4 atom stereocenters. The highest BCUT2D eigenvalue weighted by Gasteiger charge is 2.57. The standard InChI is InChI=1S/C19H24F3NO3/c1-4-26-17(25)16-11-5-8-14-18(2,10-9-15(24)23(14)3)12(11)6-7-13(16)19(20,21)22/h6,8,11,13,16H,4-5,7,9-10H2,1-3H3/t11?,13?,16?,18-/m1/s1. The minimum absolute atomic E-state index is 0.0127. The number of rotatable bonds is 2. The summed E-state index contributed by atoms with van der Waals surface area (Å²) in [6.07, 6.45) is 0.0322. The lowest BCUT2D eigenvalue weighted by Crippen LogP contribution is -2.50. The van der Waals surface area contributed by atoms with Crippen LogP contribution in [0.4, 0.5) is 13.2 Å². The molecule has 1 aliphatic heterocycles. The third-order valence-electron chi connectivity index (χ3n) is 6.18. The predicted molar refractivity (Wildman–Crippen MR) is 88.7 cm³/mol. The Morgan fingerprint density at radius 1 is 1.35 bits per heavy atom. The van der Waals surface area contributed by atoms with E-state index < -0.39 is 35.3 Å². The molecule has 1 heterocycles. The van der Waals surface area contributed by atoms with Crippen molar-refractivity contribution in [2.24, 2.45) is 23.2 Å². The number of amides is 1. The van der Waals surface area contributed by atoms with Crippen LogP contribution in [0.25, 0.3) is 0 Å². The molecule has 3 unspecified atom stereocenters. The van der Waals surface area contributed by atoms with Crippen LogP contribution in [0.1, 0.15) is 39.5 Å². The van der Waals surface area contributed by atoms with Gasteiger partial charge in [0.15, 0.2) is 0 Å². The zero-order valence-corrected chi connectivity index (χ0v) is 15.2. The number of likely N-dealkylation sites (tertiary alicyclic amines) is 1. The van der Waals surface area contributed by atoms with Gasteiger partial charge in [-0.05, 0) is 32.1 Å². The first-order valence-electron chi connectivity index (χ1n) is 9.02. The van der Waals surface area contributed by atoms with Crippen LogP contribution in [-0.4, -0.2) is 36.6 Å². The minimum Gasteiger partial charge on any atom is -0.466 e. The molecule has 0 spiro atoms. The van der Waals surface area contributed by atoms with Crippen LogP contribution in [0.5, 0.6) is 0 Å². The number of hydrogen-bond donors (Lipinski definition) is 0. The molecule has 0 aromatic heterocycles. The van der Waals surface area contributed by atoms with Crippen LogP contribution in [0.15, 0.2) is 23.4 Å². The van der Waals surface area contributed by atoms with E-state index in [1.165, 1.54) is 0 Å². The molecule has 0 aromatic carbocycles. The number of carbonyl (C=O) groups is 2. The molecule has 1 amide bonds. The van der Waals surface area contributed by atoms with Crippen molar-refractivity contribution in [2.45, 2.75) is 45.7 Å². The van der Waals surface area contributed by atoms with Crippen molar-refractivity contribution in [2.75, 3.05) is 13.7 Å². The van der Waals surface area contributed by atoms with Crippen LogP contribution in [-0.2, 0) is 14.3 Å². The van der Waals surface area contributed by atoms with Crippen molar-refractivity contribution in [3.05, 3.63) is 23.4 Å². The molecule has 1 saturated heterocycles. The van der Waals surface area contributed by atoms with Gasteiger partial charge in [0.05, 0.1) is 18.4 Å². The van der Waals surface area contributed by atoms with Gasteiger partial charge in [-0.3, -0.25) is 9.59 Å². The van der Waals surface area contributed by atoms with E-state index in [9.17, 15) is 22.8 Å². The number of piperidine rings is 1. The average Bonchev–Trinajstić information content (AvgIpc) is 2.57. The van der Waals surface area contributed by atoms with E-state index in [-0.39, 0.29) is 18.9 Å². The highest BCUT2D eigenvalue weighted by molar-refractivity contribution is 5.80. The summed E-state index contributed by atoms with van der Waals surface area (Å²) in [6, 6.07) is 0. The van der Waals surface area contributed by atoms with Crippen molar-refractivity contribution >= 4 is 11.9 Å². The lowest BCUT2D eigenvalue weighted by Gasteiger charge is -2.51. The van der Waals surface area contributed by atoms with E-state index >= 15 is 0 Å². The first-order valence-corrected chi connectivity index (χ1v) is 9.02. The molecule has 7 heteroatoms. The summed E-state index contributed by atoms with van der Waals surface area (Å²) in [7, 11) is 1.70. The molecule has 0 radical (unpaired) electrons. The molecular formula is C19H24F3NO3. The van der Waals surface area contributed by atoms with Crippen molar-refractivity contribution in [3.8, 4) is 0 Å². The lowest BCUT2D eigenvalue weighted by atomic mass is 9.57. The molecule has 0 N–H and O–H groups in total. The zero-order valence-electron chi connectivity index (χ0n) is 15.2. The van der Waals surface area contributed by atoms with Gasteiger partial charge in [-0.15, -0.1) is 0 Å². The van der Waals surface area contributed by atoms with E-state index in [0.717, 1.165) is 11.3 Å². The monoisotopic (exact) mass is 371 g/mol. The smallest absolute Gasteiger partial charge is 0.392 e. The zero-order chi connectivity index (χ0) is 19.3. The van der Waals surface area contributed by atoms with Crippen molar-refractivity contribution in [1.29, 1.82) is 0 Å².